The molecule has 1 N–H and O–H groups in total. The highest BCUT2D eigenvalue weighted by Crippen LogP contribution is 2.05. The maximum atomic E-state index is 12.1. The molecule has 0 aliphatic carbocycles. The molecule has 2 aromatic rings. The van der Waals surface area contributed by atoms with Crippen LogP contribution in [0.5, 0.6) is 0 Å². The van der Waals surface area contributed by atoms with E-state index in [0.29, 0.717) is 11.5 Å². The summed E-state index contributed by atoms with van der Waals surface area (Å²) in [5.74, 6) is -0.374. The largest absolute Gasteiger partial charge is 0.379 e. The van der Waals surface area contributed by atoms with Crippen LogP contribution in [0.25, 0.3) is 4.96 Å². The van der Waals surface area contributed by atoms with Gasteiger partial charge in [0.2, 0.25) is 0 Å². The zero-order valence-electron chi connectivity index (χ0n) is 11.4. The summed E-state index contributed by atoms with van der Waals surface area (Å²) in [5, 5.41) is 4.54. The van der Waals surface area contributed by atoms with Crippen molar-refractivity contribution in [2.75, 3.05) is 39.4 Å². The van der Waals surface area contributed by atoms with Gasteiger partial charge in [0, 0.05) is 44.0 Å². The summed E-state index contributed by atoms with van der Waals surface area (Å²) in [6, 6.07) is 0. The van der Waals surface area contributed by atoms with Crippen molar-refractivity contribution in [1.29, 1.82) is 0 Å². The molecule has 1 aliphatic rings. The first-order valence-electron chi connectivity index (χ1n) is 6.79. The van der Waals surface area contributed by atoms with E-state index in [2.05, 4.69) is 15.2 Å². The maximum absolute atomic E-state index is 12.1. The predicted octanol–water partition coefficient (Wildman–Crippen LogP) is -0.182. The molecule has 1 fully saturated rings. The number of hydrogen-bond acceptors (Lipinski definition) is 6. The summed E-state index contributed by atoms with van der Waals surface area (Å²) in [7, 11) is 0. The van der Waals surface area contributed by atoms with Crippen molar-refractivity contribution in [3.05, 3.63) is 33.7 Å². The zero-order valence-corrected chi connectivity index (χ0v) is 12.3. The number of amides is 1. The third kappa shape index (κ3) is 3.12. The number of thiazole rings is 1. The number of morpholine rings is 1. The van der Waals surface area contributed by atoms with E-state index in [4.69, 9.17) is 4.74 Å². The van der Waals surface area contributed by atoms with Crippen LogP contribution in [0.3, 0.4) is 0 Å². The van der Waals surface area contributed by atoms with Gasteiger partial charge in [-0.1, -0.05) is 0 Å². The molecule has 1 saturated heterocycles. The minimum Gasteiger partial charge on any atom is -0.379 e. The summed E-state index contributed by atoms with van der Waals surface area (Å²) >= 11 is 1.36. The Balaban J connectivity index is 1.61. The summed E-state index contributed by atoms with van der Waals surface area (Å²) in [4.78, 5) is 31.1. The third-order valence-electron chi connectivity index (χ3n) is 3.40. The lowest BCUT2D eigenvalue weighted by Crippen LogP contribution is -2.42. The second-order valence-corrected chi connectivity index (χ2v) is 5.62. The van der Waals surface area contributed by atoms with Crippen molar-refractivity contribution in [1.82, 2.24) is 19.6 Å². The molecule has 0 unspecified atom stereocenters. The van der Waals surface area contributed by atoms with E-state index in [-0.39, 0.29) is 17.0 Å². The average molecular weight is 308 g/mol. The van der Waals surface area contributed by atoms with E-state index in [1.807, 2.05) is 0 Å². The Labute approximate surface area is 125 Å². The van der Waals surface area contributed by atoms with Gasteiger partial charge in [-0.3, -0.25) is 18.9 Å². The highest BCUT2D eigenvalue weighted by Gasteiger charge is 2.14. The van der Waals surface area contributed by atoms with Crippen LogP contribution in [0.4, 0.5) is 0 Å². The standard InChI is InChI=1S/C13H16N4O3S/c18-11(14-1-2-16-3-6-20-7-4-16)10-9-15-13-17(12(10)19)5-8-21-13/h5,8-9H,1-4,6-7H2,(H,14,18). The van der Waals surface area contributed by atoms with Gasteiger partial charge in [0.1, 0.15) is 5.56 Å². The Kier molecular flexibility index (Phi) is 4.28. The first-order valence-corrected chi connectivity index (χ1v) is 7.67. The van der Waals surface area contributed by atoms with Crippen LogP contribution in [0.1, 0.15) is 10.4 Å². The number of carbonyl (C=O) groups is 1. The molecule has 1 amide bonds. The van der Waals surface area contributed by atoms with Gasteiger partial charge < -0.3 is 10.1 Å². The number of carbonyl (C=O) groups excluding carboxylic acids is 1. The van der Waals surface area contributed by atoms with E-state index in [1.165, 1.54) is 21.9 Å². The van der Waals surface area contributed by atoms with Crippen LogP contribution < -0.4 is 10.9 Å². The smallest absolute Gasteiger partial charge is 0.271 e. The molecule has 0 aromatic carbocycles. The molecule has 0 radical (unpaired) electrons. The van der Waals surface area contributed by atoms with Crippen molar-refractivity contribution in [2.24, 2.45) is 0 Å². The Hall–Kier alpha value is -1.77. The molecule has 0 spiro atoms. The monoisotopic (exact) mass is 308 g/mol. The lowest BCUT2D eigenvalue weighted by molar-refractivity contribution is 0.0383. The quantitative estimate of drug-likeness (QED) is 0.848. The van der Waals surface area contributed by atoms with Crippen LogP contribution in [-0.4, -0.2) is 59.6 Å². The Morgan fingerprint density at radius 2 is 2.24 bits per heavy atom. The van der Waals surface area contributed by atoms with E-state index < -0.39 is 0 Å². The number of rotatable bonds is 4. The molecule has 3 rings (SSSR count). The van der Waals surface area contributed by atoms with E-state index in [1.54, 1.807) is 11.6 Å². The van der Waals surface area contributed by atoms with Crippen LogP contribution in [0, 0.1) is 0 Å². The van der Waals surface area contributed by atoms with E-state index in [9.17, 15) is 9.59 Å². The fourth-order valence-electron chi connectivity index (χ4n) is 2.23. The summed E-state index contributed by atoms with van der Waals surface area (Å²) in [6.45, 7) is 4.47. The van der Waals surface area contributed by atoms with E-state index >= 15 is 0 Å². The van der Waals surface area contributed by atoms with Crippen molar-refractivity contribution < 1.29 is 9.53 Å². The Bertz CT molecular complexity index is 690. The fourth-order valence-corrected chi connectivity index (χ4v) is 2.90. The molecule has 0 saturated carbocycles. The Morgan fingerprint density at radius 3 is 3.05 bits per heavy atom. The molecule has 3 heterocycles. The van der Waals surface area contributed by atoms with Gasteiger partial charge in [0.05, 0.1) is 13.2 Å². The molecule has 21 heavy (non-hydrogen) atoms. The zero-order chi connectivity index (χ0) is 14.7. The fraction of sp³-hybridized carbons (Fsp3) is 0.462. The number of fused-ring (bicyclic) bond motifs is 1. The van der Waals surface area contributed by atoms with Crippen molar-refractivity contribution in [2.45, 2.75) is 0 Å². The second kappa shape index (κ2) is 6.33. The summed E-state index contributed by atoms with van der Waals surface area (Å²) in [6.07, 6.45) is 2.97. The topological polar surface area (TPSA) is 75.9 Å². The van der Waals surface area contributed by atoms with Crippen LogP contribution in [0.15, 0.2) is 22.6 Å². The van der Waals surface area contributed by atoms with E-state index in [0.717, 1.165) is 32.8 Å². The molecular formula is C13H16N4O3S. The minimum atomic E-state index is -0.374. The van der Waals surface area contributed by atoms with Gasteiger partial charge in [-0.2, -0.15) is 0 Å². The molecule has 0 atom stereocenters. The molecule has 8 heteroatoms. The third-order valence-corrected chi connectivity index (χ3v) is 4.18. The predicted molar refractivity (Wildman–Crippen MR) is 78.9 cm³/mol. The molecule has 112 valence electrons. The van der Waals surface area contributed by atoms with Crippen molar-refractivity contribution >= 4 is 22.2 Å². The normalized spacial score (nSPS) is 16.2. The number of aromatic nitrogens is 2. The maximum Gasteiger partial charge on any atom is 0.271 e. The lowest BCUT2D eigenvalue weighted by Gasteiger charge is -2.26. The van der Waals surface area contributed by atoms with Crippen LogP contribution in [-0.2, 0) is 4.74 Å². The molecule has 7 nitrogen and oxygen atoms in total. The molecule has 1 aliphatic heterocycles. The SMILES string of the molecule is O=C(NCCN1CCOCC1)c1cnc2sccn2c1=O. The van der Waals surface area contributed by atoms with Crippen molar-refractivity contribution in [3.8, 4) is 0 Å². The Morgan fingerprint density at radius 1 is 1.43 bits per heavy atom. The van der Waals surface area contributed by atoms with Gasteiger partial charge in [0.25, 0.3) is 11.5 Å². The first kappa shape index (κ1) is 14.2. The molecule has 0 bridgehead atoms. The van der Waals surface area contributed by atoms with Gasteiger partial charge in [-0.05, 0) is 0 Å². The molecule has 2 aromatic heterocycles. The minimum absolute atomic E-state index is 0.0767. The number of nitrogens with one attached hydrogen (secondary N) is 1. The van der Waals surface area contributed by atoms with Gasteiger partial charge in [-0.15, -0.1) is 11.3 Å². The highest BCUT2D eigenvalue weighted by molar-refractivity contribution is 7.15. The first-order chi connectivity index (χ1) is 10.3. The summed E-state index contributed by atoms with van der Waals surface area (Å²) < 4.78 is 6.66. The van der Waals surface area contributed by atoms with Gasteiger partial charge >= 0.3 is 0 Å². The number of hydrogen-bond donors (Lipinski definition) is 1. The number of nitrogens with zero attached hydrogens (tertiary/aromatic N) is 3. The highest BCUT2D eigenvalue weighted by atomic mass is 32.1. The lowest BCUT2D eigenvalue weighted by atomic mass is 10.3. The van der Waals surface area contributed by atoms with Gasteiger partial charge in [0.15, 0.2) is 4.96 Å². The van der Waals surface area contributed by atoms with Gasteiger partial charge in [-0.25, -0.2) is 4.98 Å². The number of ether oxygens (including phenoxy) is 1. The average Bonchev–Trinajstić information content (AvgIpc) is 2.98. The van der Waals surface area contributed by atoms with Crippen LogP contribution >= 0.6 is 11.3 Å². The van der Waals surface area contributed by atoms with Crippen molar-refractivity contribution in [3.63, 3.8) is 0 Å². The second-order valence-electron chi connectivity index (χ2n) is 4.74. The molecular weight excluding hydrogens is 292 g/mol. The van der Waals surface area contributed by atoms with Crippen LogP contribution in [0.2, 0.25) is 0 Å². The summed E-state index contributed by atoms with van der Waals surface area (Å²) in [5.41, 5.74) is -0.252.